The molecule has 0 aliphatic rings. The highest BCUT2D eigenvalue weighted by Gasteiger charge is 2.22. The standard InChI is InChI=1S/C16H15FN2O/c1-20-11-6-7-12(13(17)10-11)16(14-4-2-8-18-14)15-5-3-9-19-15/h2-10,16,18-19H,1H3. The van der Waals surface area contributed by atoms with E-state index in [0.29, 0.717) is 11.3 Å². The summed E-state index contributed by atoms with van der Waals surface area (Å²) < 4.78 is 19.4. The molecule has 0 atom stereocenters. The molecule has 20 heavy (non-hydrogen) atoms. The second kappa shape index (κ2) is 5.25. The van der Waals surface area contributed by atoms with Gasteiger partial charge in [-0.25, -0.2) is 4.39 Å². The first-order chi connectivity index (χ1) is 9.79. The number of halogens is 1. The summed E-state index contributed by atoms with van der Waals surface area (Å²) in [5.41, 5.74) is 2.49. The SMILES string of the molecule is COc1ccc(C(c2ccc[nH]2)c2ccc[nH]2)c(F)c1. The third-order valence-electron chi connectivity index (χ3n) is 3.38. The second-order valence-electron chi connectivity index (χ2n) is 4.57. The lowest BCUT2D eigenvalue weighted by atomic mass is 9.92. The fourth-order valence-corrected chi connectivity index (χ4v) is 2.42. The number of aromatic nitrogens is 2. The van der Waals surface area contributed by atoms with Crippen molar-refractivity contribution in [2.75, 3.05) is 7.11 Å². The zero-order valence-corrected chi connectivity index (χ0v) is 11.1. The molecule has 0 saturated heterocycles. The molecule has 0 aliphatic heterocycles. The Bertz CT molecular complexity index is 640. The number of ether oxygens (including phenoxy) is 1. The summed E-state index contributed by atoms with van der Waals surface area (Å²) in [6.45, 7) is 0. The Morgan fingerprint density at radius 2 is 1.65 bits per heavy atom. The number of aromatic amines is 2. The van der Waals surface area contributed by atoms with Gasteiger partial charge < -0.3 is 14.7 Å². The highest BCUT2D eigenvalue weighted by atomic mass is 19.1. The third-order valence-corrected chi connectivity index (χ3v) is 3.38. The van der Waals surface area contributed by atoms with Crippen molar-refractivity contribution in [2.24, 2.45) is 0 Å². The zero-order chi connectivity index (χ0) is 13.9. The lowest BCUT2D eigenvalue weighted by Gasteiger charge is -2.16. The topological polar surface area (TPSA) is 40.8 Å². The van der Waals surface area contributed by atoms with Crippen molar-refractivity contribution in [3.05, 3.63) is 77.6 Å². The zero-order valence-electron chi connectivity index (χ0n) is 11.1. The molecular weight excluding hydrogens is 255 g/mol. The number of H-pyrrole nitrogens is 2. The van der Waals surface area contributed by atoms with Crippen molar-refractivity contribution in [3.8, 4) is 5.75 Å². The molecule has 2 N–H and O–H groups in total. The van der Waals surface area contributed by atoms with Crippen molar-refractivity contribution < 1.29 is 9.13 Å². The summed E-state index contributed by atoms with van der Waals surface area (Å²) in [4.78, 5) is 6.32. The summed E-state index contributed by atoms with van der Waals surface area (Å²) in [5, 5.41) is 0. The Hall–Kier alpha value is -2.49. The van der Waals surface area contributed by atoms with Crippen molar-refractivity contribution in [1.82, 2.24) is 9.97 Å². The number of nitrogens with one attached hydrogen (secondary N) is 2. The van der Waals surface area contributed by atoms with E-state index in [1.54, 1.807) is 12.1 Å². The van der Waals surface area contributed by atoms with Gasteiger partial charge in [-0.3, -0.25) is 0 Å². The van der Waals surface area contributed by atoms with Crippen LogP contribution in [-0.2, 0) is 0 Å². The first-order valence-electron chi connectivity index (χ1n) is 6.39. The van der Waals surface area contributed by atoms with Gasteiger partial charge in [0, 0.05) is 35.4 Å². The van der Waals surface area contributed by atoms with Gasteiger partial charge in [0.25, 0.3) is 0 Å². The summed E-state index contributed by atoms with van der Waals surface area (Å²) in [7, 11) is 1.53. The molecular formula is C16H15FN2O. The Morgan fingerprint density at radius 1 is 1.00 bits per heavy atom. The minimum atomic E-state index is -0.279. The van der Waals surface area contributed by atoms with Crippen molar-refractivity contribution in [3.63, 3.8) is 0 Å². The van der Waals surface area contributed by atoms with Crippen LogP contribution in [0.1, 0.15) is 22.9 Å². The van der Waals surface area contributed by atoms with Gasteiger partial charge in [0.05, 0.1) is 13.0 Å². The van der Waals surface area contributed by atoms with Crippen LogP contribution in [0.15, 0.2) is 54.9 Å². The van der Waals surface area contributed by atoms with E-state index in [2.05, 4.69) is 9.97 Å². The van der Waals surface area contributed by atoms with E-state index in [0.717, 1.165) is 11.4 Å². The molecule has 0 unspecified atom stereocenters. The lowest BCUT2D eigenvalue weighted by Crippen LogP contribution is -2.06. The second-order valence-corrected chi connectivity index (χ2v) is 4.57. The minimum Gasteiger partial charge on any atom is -0.497 e. The average Bonchev–Trinajstić information content (AvgIpc) is 3.14. The number of hydrogen-bond acceptors (Lipinski definition) is 1. The van der Waals surface area contributed by atoms with Gasteiger partial charge in [-0.15, -0.1) is 0 Å². The lowest BCUT2D eigenvalue weighted by molar-refractivity contribution is 0.410. The Kier molecular flexibility index (Phi) is 3.29. The van der Waals surface area contributed by atoms with Crippen LogP contribution >= 0.6 is 0 Å². The van der Waals surface area contributed by atoms with Crippen LogP contribution in [0.3, 0.4) is 0 Å². The van der Waals surface area contributed by atoms with E-state index >= 15 is 0 Å². The summed E-state index contributed by atoms with van der Waals surface area (Å²) in [6.07, 6.45) is 3.68. The maximum Gasteiger partial charge on any atom is 0.131 e. The number of methoxy groups -OCH3 is 1. The normalized spacial score (nSPS) is 10.9. The van der Waals surface area contributed by atoms with Crippen LogP contribution in [0.2, 0.25) is 0 Å². The molecule has 0 saturated carbocycles. The monoisotopic (exact) mass is 270 g/mol. The van der Waals surface area contributed by atoms with E-state index in [1.807, 2.05) is 36.7 Å². The minimum absolute atomic E-state index is 0.189. The van der Waals surface area contributed by atoms with E-state index in [-0.39, 0.29) is 11.7 Å². The average molecular weight is 270 g/mol. The molecule has 1 aromatic carbocycles. The Labute approximate surface area is 116 Å². The maximum absolute atomic E-state index is 14.4. The number of benzene rings is 1. The molecule has 2 aromatic heterocycles. The largest absolute Gasteiger partial charge is 0.497 e. The van der Waals surface area contributed by atoms with E-state index in [4.69, 9.17) is 4.74 Å². The summed E-state index contributed by atoms with van der Waals surface area (Å²) >= 11 is 0. The highest BCUT2D eigenvalue weighted by Crippen LogP contribution is 2.32. The summed E-state index contributed by atoms with van der Waals surface area (Å²) in [6, 6.07) is 12.7. The Balaban J connectivity index is 2.11. The van der Waals surface area contributed by atoms with Gasteiger partial charge in [-0.1, -0.05) is 6.07 Å². The van der Waals surface area contributed by atoms with Gasteiger partial charge in [-0.05, 0) is 30.3 Å². The van der Waals surface area contributed by atoms with Gasteiger partial charge in [-0.2, -0.15) is 0 Å². The number of hydrogen-bond donors (Lipinski definition) is 2. The molecule has 4 heteroatoms. The highest BCUT2D eigenvalue weighted by molar-refractivity contribution is 5.41. The van der Waals surface area contributed by atoms with Crippen molar-refractivity contribution in [1.29, 1.82) is 0 Å². The quantitative estimate of drug-likeness (QED) is 0.746. The first kappa shape index (κ1) is 12.5. The van der Waals surface area contributed by atoms with E-state index in [9.17, 15) is 4.39 Å². The van der Waals surface area contributed by atoms with Gasteiger partial charge in [0.1, 0.15) is 11.6 Å². The van der Waals surface area contributed by atoms with Crippen LogP contribution in [0.25, 0.3) is 0 Å². The van der Waals surface area contributed by atoms with Gasteiger partial charge in [0.2, 0.25) is 0 Å². The van der Waals surface area contributed by atoms with Gasteiger partial charge in [0.15, 0.2) is 0 Å². The molecule has 0 spiro atoms. The third kappa shape index (κ3) is 2.20. The molecule has 3 nitrogen and oxygen atoms in total. The van der Waals surface area contributed by atoms with Crippen LogP contribution in [-0.4, -0.2) is 17.1 Å². The molecule has 0 aliphatic carbocycles. The molecule has 2 heterocycles. The molecule has 0 fully saturated rings. The number of rotatable bonds is 4. The predicted molar refractivity (Wildman–Crippen MR) is 75.5 cm³/mol. The molecule has 0 bridgehead atoms. The van der Waals surface area contributed by atoms with Crippen LogP contribution in [0.5, 0.6) is 5.75 Å². The van der Waals surface area contributed by atoms with Gasteiger partial charge >= 0.3 is 0 Å². The molecule has 0 radical (unpaired) electrons. The van der Waals surface area contributed by atoms with Crippen LogP contribution in [0, 0.1) is 5.82 Å². The first-order valence-corrected chi connectivity index (χ1v) is 6.39. The fourth-order valence-electron chi connectivity index (χ4n) is 2.42. The van der Waals surface area contributed by atoms with Crippen molar-refractivity contribution in [2.45, 2.75) is 5.92 Å². The smallest absolute Gasteiger partial charge is 0.131 e. The molecule has 3 rings (SSSR count). The molecule has 0 amide bonds. The maximum atomic E-state index is 14.4. The molecule has 102 valence electrons. The molecule has 3 aromatic rings. The van der Waals surface area contributed by atoms with E-state index in [1.165, 1.54) is 13.2 Å². The Morgan fingerprint density at radius 3 is 2.10 bits per heavy atom. The van der Waals surface area contributed by atoms with E-state index < -0.39 is 0 Å². The van der Waals surface area contributed by atoms with Crippen LogP contribution in [0.4, 0.5) is 4.39 Å². The fraction of sp³-hybridized carbons (Fsp3) is 0.125. The predicted octanol–water partition coefficient (Wildman–Crippen LogP) is 3.67. The van der Waals surface area contributed by atoms with Crippen LogP contribution < -0.4 is 4.74 Å². The summed E-state index contributed by atoms with van der Waals surface area (Å²) in [5.74, 6) is 0.0485. The van der Waals surface area contributed by atoms with Crippen molar-refractivity contribution >= 4 is 0 Å².